The maximum Gasteiger partial charge on any atom is 0.306 e. The van der Waals surface area contributed by atoms with Crippen LogP contribution in [-0.4, -0.2) is 55.1 Å². The van der Waals surface area contributed by atoms with Crippen LogP contribution in [0.5, 0.6) is 5.75 Å². The Balaban J connectivity index is 1.45. The molecule has 1 aliphatic rings. The molecule has 2 heterocycles. The van der Waals surface area contributed by atoms with Gasteiger partial charge in [-0.3, -0.25) is 20.0 Å². The van der Waals surface area contributed by atoms with E-state index in [4.69, 9.17) is 24.9 Å². The smallest absolute Gasteiger partial charge is 0.306 e. The van der Waals surface area contributed by atoms with Gasteiger partial charge in [-0.15, -0.1) is 4.28 Å². The summed E-state index contributed by atoms with van der Waals surface area (Å²) in [5, 5.41) is 8.74. The van der Waals surface area contributed by atoms with Crippen LogP contribution >= 0.6 is 0 Å². The number of rotatable bonds is 11. The molecule has 2 atom stereocenters. The van der Waals surface area contributed by atoms with Crippen molar-refractivity contribution in [3.8, 4) is 16.9 Å². The molecular formula is C27H28N4O7S. The van der Waals surface area contributed by atoms with E-state index in [2.05, 4.69) is 4.98 Å². The Kier molecular flexibility index (Phi) is 8.57. The van der Waals surface area contributed by atoms with Crippen molar-refractivity contribution >= 4 is 27.8 Å². The third-order valence-electron chi connectivity index (χ3n) is 6.01. The van der Waals surface area contributed by atoms with Crippen LogP contribution in [-0.2, 0) is 35.3 Å². The molecule has 0 radical (unpaired) electrons. The van der Waals surface area contributed by atoms with Crippen LogP contribution in [0.15, 0.2) is 73.1 Å². The highest BCUT2D eigenvalue weighted by molar-refractivity contribution is 7.85. The molecule has 0 saturated carbocycles. The molecule has 0 aliphatic carbocycles. The molecular weight excluding hydrogens is 524 g/mol. The normalized spacial score (nSPS) is 17.2. The van der Waals surface area contributed by atoms with Gasteiger partial charge in [0.15, 0.2) is 0 Å². The van der Waals surface area contributed by atoms with Crippen molar-refractivity contribution in [3.63, 3.8) is 0 Å². The minimum atomic E-state index is -4.03. The van der Waals surface area contributed by atoms with Crippen molar-refractivity contribution in [1.82, 2.24) is 10.0 Å². The Morgan fingerprint density at radius 3 is 2.59 bits per heavy atom. The molecule has 2 aromatic carbocycles. The van der Waals surface area contributed by atoms with Crippen LogP contribution in [0.4, 0.5) is 0 Å². The average molecular weight is 553 g/mol. The van der Waals surface area contributed by atoms with E-state index in [1.54, 1.807) is 42.7 Å². The van der Waals surface area contributed by atoms with E-state index in [1.807, 2.05) is 30.3 Å². The van der Waals surface area contributed by atoms with Gasteiger partial charge in [-0.2, -0.15) is 13.5 Å². The Labute approximate surface area is 226 Å². The van der Waals surface area contributed by atoms with Crippen LogP contribution < -0.4 is 10.5 Å². The number of ether oxygens (including phenoxy) is 2. The Morgan fingerprint density at radius 1 is 1.15 bits per heavy atom. The van der Waals surface area contributed by atoms with Gasteiger partial charge in [0.1, 0.15) is 24.8 Å². The monoisotopic (exact) mass is 552 g/mol. The number of amides is 1. The summed E-state index contributed by atoms with van der Waals surface area (Å²) in [6, 6.07) is 17.2. The van der Waals surface area contributed by atoms with Gasteiger partial charge in [0.25, 0.3) is 16.0 Å². The summed E-state index contributed by atoms with van der Waals surface area (Å²) in [4.78, 5) is 29.3. The number of esters is 1. The zero-order chi connectivity index (χ0) is 28.0. The lowest BCUT2D eigenvalue weighted by atomic mass is 9.99. The standard InChI is InChI=1S/C27H28N4O7S/c1-39(34,35)38-31-21(12-20(27(31)33)13-25(32)37-16-18-6-5-11-30-15-18)17-36-22-9-10-23(24(14-22)26(28)29)19-7-3-2-4-8-19/h2-11,14-15,20-21H,12-13,16-17H2,1H3,(H3,28,29)/t20-,21-/m0/s1. The summed E-state index contributed by atoms with van der Waals surface area (Å²) in [5.74, 6) is -1.90. The fourth-order valence-electron chi connectivity index (χ4n) is 4.24. The highest BCUT2D eigenvalue weighted by atomic mass is 32.2. The van der Waals surface area contributed by atoms with Gasteiger partial charge in [-0.05, 0) is 41.8 Å². The van der Waals surface area contributed by atoms with Gasteiger partial charge < -0.3 is 15.2 Å². The second kappa shape index (κ2) is 12.0. The number of hydrogen-bond acceptors (Lipinski definition) is 9. The molecule has 1 aliphatic heterocycles. The maximum absolute atomic E-state index is 13.0. The number of nitrogen functional groups attached to an aromatic ring is 1. The summed E-state index contributed by atoms with van der Waals surface area (Å²) >= 11 is 0. The topological polar surface area (TPSA) is 162 Å². The van der Waals surface area contributed by atoms with Crippen molar-refractivity contribution in [2.75, 3.05) is 12.9 Å². The number of hydroxylamine groups is 2. The summed E-state index contributed by atoms with van der Waals surface area (Å²) in [5.41, 5.74) is 8.59. The number of benzene rings is 2. The summed E-state index contributed by atoms with van der Waals surface area (Å²) in [6.45, 7) is -0.119. The number of carbonyl (C=O) groups excluding carboxylic acids is 2. The molecule has 0 unspecified atom stereocenters. The molecule has 39 heavy (non-hydrogen) atoms. The molecule has 1 saturated heterocycles. The fraction of sp³-hybridized carbons (Fsp3) is 0.259. The van der Waals surface area contributed by atoms with E-state index < -0.39 is 34.0 Å². The molecule has 3 aromatic rings. The number of carbonyl (C=O) groups is 2. The van der Waals surface area contributed by atoms with E-state index in [0.29, 0.717) is 16.9 Å². The Morgan fingerprint density at radius 2 is 1.92 bits per heavy atom. The molecule has 0 spiro atoms. The van der Waals surface area contributed by atoms with Crippen molar-refractivity contribution in [3.05, 3.63) is 84.2 Å². The lowest BCUT2D eigenvalue weighted by molar-refractivity contribution is -0.161. The zero-order valence-corrected chi connectivity index (χ0v) is 22.0. The molecule has 0 bridgehead atoms. The largest absolute Gasteiger partial charge is 0.491 e. The lowest BCUT2D eigenvalue weighted by Gasteiger charge is -2.22. The first-order chi connectivity index (χ1) is 18.6. The van der Waals surface area contributed by atoms with Crippen molar-refractivity contribution < 1.29 is 31.8 Å². The first-order valence-corrected chi connectivity index (χ1v) is 13.9. The van der Waals surface area contributed by atoms with E-state index >= 15 is 0 Å². The van der Waals surface area contributed by atoms with Gasteiger partial charge in [0, 0.05) is 23.5 Å². The quantitative estimate of drug-likeness (QED) is 0.207. The lowest BCUT2D eigenvalue weighted by Crippen LogP contribution is -2.39. The highest BCUT2D eigenvalue weighted by Gasteiger charge is 2.44. The van der Waals surface area contributed by atoms with Gasteiger partial charge in [0.05, 0.1) is 24.6 Å². The van der Waals surface area contributed by atoms with Crippen molar-refractivity contribution in [1.29, 1.82) is 5.41 Å². The first-order valence-electron chi connectivity index (χ1n) is 12.0. The van der Waals surface area contributed by atoms with Crippen molar-refractivity contribution in [2.45, 2.75) is 25.5 Å². The molecule has 11 nitrogen and oxygen atoms in total. The Hall–Kier alpha value is -4.29. The second-order valence-corrected chi connectivity index (χ2v) is 10.6. The molecule has 1 amide bonds. The molecule has 1 aromatic heterocycles. The van der Waals surface area contributed by atoms with Crippen molar-refractivity contribution in [2.24, 2.45) is 11.7 Å². The number of nitrogens with two attached hydrogens (primary N) is 1. The number of aromatic nitrogens is 1. The predicted octanol–water partition coefficient (Wildman–Crippen LogP) is 2.65. The number of pyridine rings is 1. The molecule has 204 valence electrons. The maximum atomic E-state index is 13.0. The first kappa shape index (κ1) is 27.7. The number of nitrogens with zero attached hydrogens (tertiary/aromatic N) is 2. The highest BCUT2D eigenvalue weighted by Crippen LogP contribution is 2.31. The molecule has 12 heteroatoms. The number of amidine groups is 1. The van der Waals surface area contributed by atoms with Crippen LogP contribution in [0.3, 0.4) is 0 Å². The van der Waals surface area contributed by atoms with Gasteiger partial charge in [0.2, 0.25) is 0 Å². The SMILES string of the molecule is CS(=O)(=O)ON1C(=O)[C@H](CC(=O)OCc2cccnc2)C[C@H]1COc1ccc(-c2ccccc2)c(C(=N)N)c1. The van der Waals surface area contributed by atoms with Crippen LogP contribution in [0, 0.1) is 11.3 Å². The van der Waals surface area contributed by atoms with E-state index in [-0.39, 0.29) is 31.9 Å². The number of nitrogens with one attached hydrogen (secondary N) is 1. The van der Waals surface area contributed by atoms with Gasteiger partial charge in [-0.1, -0.05) is 36.4 Å². The minimum Gasteiger partial charge on any atom is -0.491 e. The summed E-state index contributed by atoms with van der Waals surface area (Å²) in [7, 11) is -4.03. The Bertz CT molecular complexity index is 1450. The second-order valence-electron chi connectivity index (χ2n) is 9.05. The van der Waals surface area contributed by atoms with Crippen LogP contribution in [0.2, 0.25) is 0 Å². The van der Waals surface area contributed by atoms with Crippen LogP contribution in [0.25, 0.3) is 11.1 Å². The third kappa shape index (κ3) is 7.39. The molecule has 3 N–H and O–H groups in total. The molecule has 4 rings (SSSR count). The van der Waals surface area contributed by atoms with Gasteiger partial charge >= 0.3 is 5.97 Å². The minimum absolute atomic E-state index is 0.00113. The predicted molar refractivity (Wildman–Crippen MR) is 142 cm³/mol. The molecule has 1 fully saturated rings. The number of hydrogen-bond donors (Lipinski definition) is 2. The summed E-state index contributed by atoms with van der Waals surface area (Å²) < 4.78 is 39.8. The van der Waals surface area contributed by atoms with Crippen LogP contribution in [0.1, 0.15) is 24.0 Å². The summed E-state index contributed by atoms with van der Waals surface area (Å²) in [6.07, 6.45) is 3.85. The van der Waals surface area contributed by atoms with E-state index in [1.165, 1.54) is 0 Å². The third-order valence-corrected chi connectivity index (χ3v) is 6.45. The zero-order valence-electron chi connectivity index (χ0n) is 21.1. The van der Waals surface area contributed by atoms with Gasteiger partial charge in [-0.25, -0.2) is 0 Å². The van der Waals surface area contributed by atoms with E-state index in [9.17, 15) is 18.0 Å². The fourth-order valence-corrected chi connectivity index (χ4v) is 4.73. The average Bonchev–Trinajstić information content (AvgIpc) is 3.19. The van der Waals surface area contributed by atoms with E-state index in [0.717, 1.165) is 22.4 Å².